The zero-order valence-electron chi connectivity index (χ0n) is 14.2. The largest absolute Gasteiger partial charge is 0.334 e. The number of nitrogens with zero attached hydrogens (tertiary/aromatic N) is 4. The number of benzene rings is 2. The fourth-order valence-corrected chi connectivity index (χ4v) is 3.40. The van der Waals surface area contributed by atoms with Gasteiger partial charge in [0, 0.05) is 18.3 Å². The summed E-state index contributed by atoms with van der Waals surface area (Å²) in [5.74, 6) is 2.60. The van der Waals surface area contributed by atoms with Crippen LogP contribution in [0.5, 0.6) is 0 Å². The molecule has 0 atom stereocenters. The molecule has 0 unspecified atom stereocenters. The van der Waals surface area contributed by atoms with Crippen molar-refractivity contribution in [1.82, 2.24) is 20.3 Å². The summed E-state index contributed by atoms with van der Waals surface area (Å²) in [5, 5.41) is 7.44. The molecule has 4 aromatic rings. The van der Waals surface area contributed by atoms with Gasteiger partial charge in [-0.05, 0) is 81.6 Å². The second kappa shape index (κ2) is 10.5. The minimum Gasteiger partial charge on any atom is -0.334 e. The summed E-state index contributed by atoms with van der Waals surface area (Å²) in [6.45, 7) is 0. The molecule has 0 radical (unpaired) electrons. The predicted octanol–water partition coefficient (Wildman–Crippen LogP) is 6.16. The van der Waals surface area contributed by atoms with E-state index >= 15 is 0 Å². The van der Waals surface area contributed by atoms with Crippen LogP contribution in [-0.4, -0.2) is 20.3 Å². The molecule has 0 saturated heterocycles. The van der Waals surface area contributed by atoms with Crippen molar-refractivity contribution in [1.29, 1.82) is 0 Å². The van der Waals surface area contributed by atoms with Crippen LogP contribution in [0.3, 0.4) is 0 Å². The van der Waals surface area contributed by atoms with Gasteiger partial charge in [0.15, 0.2) is 11.6 Å². The first kappa shape index (κ1) is 21.5. The lowest BCUT2D eigenvalue weighted by molar-refractivity contribution is 0.425. The van der Waals surface area contributed by atoms with Crippen LogP contribution < -0.4 is 0 Å². The number of hydrogen-bond donors (Lipinski definition) is 0. The number of halogens is 4. The fourth-order valence-electron chi connectivity index (χ4n) is 2.09. The lowest BCUT2D eigenvalue weighted by atomic mass is 10.2. The number of hydrogen-bond acceptors (Lipinski definition) is 6. The van der Waals surface area contributed by atoms with E-state index in [-0.39, 0.29) is 11.8 Å². The summed E-state index contributed by atoms with van der Waals surface area (Å²) in [4.78, 5) is 8.25. The number of alkyl halides is 2. The first-order chi connectivity index (χ1) is 13.6. The van der Waals surface area contributed by atoms with Gasteiger partial charge in [-0.2, -0.15) is 9.97 Å². The molecule has 0 aliphatic heterocycles. The standard InChI is InChI=1S/2C9H6ClIN2O/c2*10-5-8-12-9(14-13-8)6-2-1-3-7(11)4-6/h2*1-4H,5H2. The molecule has 0 aliphatic rings. The van der Waals surface area contributed by atoms with Crippen molar-refractivity contribution in [2.24, 2.45) is 0 Å². The van der Waals surface area contributed by atoms with Crippen molar-refractivity contribution >= 4 is 68.4 Å². The maximum absolute atomic E-state index is 5.57. The molecule has 0 fully saturated rings. The van der Waals surface area contributed by atoms with Crippen LogP contribution in [0.2, 0.25) is 0 Å². The van der Waals surface area contributed by atoms with Crippen LogP contribution in [0, 0.1) is 7.14 Å². The van der Waals surface area contributed by atoms with Gasteiger partial charge >= 0.3 is 0 Å². The third-order valence-electron chi connectivity index (χ3n) is 3.32. The number of aromatic nitrogens is 4. The van der Waals surface area contributed by atoms with E-state index in [9.17, 15) is 0 Å². The predicted molar refractivity (Wildman–Crippen MR) is 124 cm³/mol. The monoisotopic (exact) mass is 640 g/mol. The third kappa shape index (κ3) is 5.88. The average Bonchev–Trinajstić information content (AvgIpc) is 3.38. The molecular formula is C18H12Cl2I2N4O2. The van der Waals surface area contributed by atoms with Gasteiger partial charge < -0.3 is 9.05 Å². The van der Waals surface area contributed by atoms with Crippen LogP contribution in [0.1, 0.15) is 11.6 Å². The van der Waals surface area contributed by atoms with Gasteiger partial charge in [-0.15, -0.1) is 23.2 Å². The van der Waals surface area contributed by atoms with Gasteiger partial charge in [-0.3, -0.25) is 0 Å². The quantitative estimate of drug-likeness (QED) is 0.197. The minimum absolute atomic E-state index is 0.271. The summed E-state index contributed by atoms with van der Waals surface area (Å²) >= 11 is 15.6. The summed E-state index contributed by atoms with van der Waals surface area (Å²) in [5.41, 5.74) is 1.83. The Morgan fingerprint density at radius 1 is 0.714 bits per heavy atom. The topological polar surface area (TPSA) is 77.8 Å². The SMILES string of the molecule is ClCc1noc(-c2cccc(I)c2)n1.ClCc1noc(-c2cccc(I)c2)n1. The molecule has 0 amide bonds. The van der Waals surface area contributed by atoms with Crippen molar-refractivity contribution in [3.8, 4) is 22.9 Å². The fraction of sp³-hybridized carbons (Fsp3) is 0.111. The Morgan fingerprint density at radius 2 is 1.14 bits per heavy atom. The maximum Gasteiger partial charge on any atom is 0.257 e. The molecule has 28 heavy (non-hydrogen) atoms. The van der Waals surface area contributed by atoms with E-state index in [1.807, 2.05) is 48.5 Å². The van der Waals surface area contributed by atoms with E-state index < -0.39 is 0 Å². The average molecular weight is 641 g/mol. The van der Waals surface area contributed by atoms with Crippen LogP contribution in [0.15, 0.2) is 57.6 Å². The van der Waals surface area contributed by atoms with Gasteiger partial charge in [0.2, 0.25) is 0 Å². The van der Waals surface area contributed by atoms with Crippen LogP contribution >= 0.6 is 68.4 Å². The van der Waals surface area contributed by atoms with E-state index in [1.54, 1.807) is 0 Å². The zero-order valence-corrected chi connectivity index (χ0v) is 20.0. The smallest absolute Gasteiger partial charge is 0.257 e. The Hall–Kier alpha value is -1.24. The highest BCUT2D eigenvalue weighted by atomic mass is 127. The summed E-state index contributed by atoms with van der Waals surface area (Å²) in [6, 6.07) is 15.7. The van der Waals surface area contributed by atoms with Crippen LogP contribution in [-0.2, 0) is 11.8 Å². The molecule has 10 heteroatoms. The lowest BCUT2D eigenvalue weighted by Gasteiger charge is -1.93. The van der Waals surface area contributed by atoms with E-state index in [0.717, 1.165) is 18.3 Å². The van der Waals surface area contributed by atoms with Crippen molar-refractivity contribution in [3.63, 3.8) is 0 Å². The Kier molecular flexibility index (Phi) is 8.06. The summed E-state index contributed by atoms with van der Waals surface area (Å²) in [6.07, 6.45) is 0. The highest BCUT2D eigenvalue weighted by Gasteiger charge is 2.08. The van der Waals surface area contributed by atoms with E-state index in [0.29, 0.717) is 23.4 Å². The van der Waals surface area contributed by atoms with Crippen LogP contribution in [0.4, 0.5) is 0 Å². The molecule has 0 saturated carbocycles. The molecule has 0 aliphatic carbocycles. The van der Waals surface area contributed by atoms with Crippen molar-refractivity contribution in [2.45, 2.75) is 11.8 Å². The molecule has 4 rings (SSSR count). The highest BCUT2D eigenvalue weighted by Crippen LogP contribution is 2.20. The third-order valence-corrected chi connectivity index (χ3v) is 5.14. The Morgan fingerprint density at radius 3 is 1.46 bits per heavy atom. The first-order valence-corrected chi connectivity index (χ1v) is 11.1. The molecular weight excluding hydrogens is 629 g/mol. The Balaban J connectivity index is 0.000000161. The van der Waals surface area contributed by atoms with Crippen LogP contribution in [0.25, 0.3) is 22.9 Å². The highest BCUT2D eigenvalue weighted by molar-refractivity contribution is 14.1. The maximum atomic E-state index is 5.57. The van der Waals surface area contributed by atoms with Crippen molar-refractivity contribution in [3.05, 3.63) is 67.3 Å². The van der Waals surface area contributed by atoms with Crippen molar-refractivity contribution < 1.29 is 9.05 Å². The van der Waals surface area contributed by atoms with Crippen molar-refractivity contribution in [2.75, 3.05) is 0 Å². The number of rotatable bonds is 4. The first-order valence-electron chi connectivity index (χ1n) is 7.88. The van der Waals surface area contributed by atoms with E-state index in [1.165, 1.54) is 0 Å². The van der Waals surface area contributed by atoms with E-state index in [4.69, 9.17) is 32.2 Å². The molecule has 144 valence electrons. The van der Waals surface area contributed by atoms with E-state index in [2.05, 4.69) is 65.5 Å². The minimum atomic E-state index is 0.271. The Bertz CT molecular complexity index is 972. The molecule has 0 spiro atoms. The molecule has 2 aromatic heterocycles. The Labute approximate surface area is 198 Å². The second-order valence-electron chi connectivity index (χ2n) is 5.32. The summed E-state index contributed by atoms with van der Waals surface area (Å²) in [7, 11) is 0. The molecule has 2 heterocycles. The molecule has 0 bridgehead atoms. The van der Waals surface area contributed by atoms with Gasteiger partial charge in [-0.1, -0.05) is 22.4 Å². The van der Waals surface area contributed by atoms with Gasteiger partial charge in [0.1, 0.15) is 0 Å². The van der Waals surface area contributed by atoms with Gasteiger partial charge in [-0.25, -0.2) is 0 Å². The lowest BCUT2D eigenvalue weighted by Crippen LogP contribution is -1.81. The zero-order chi connectivity index (χ0) is 19.9. The molecule has 2 aromatic carbocycles. The normalized spacial score (nSPS) is 10.4. The summed E-state index contributed by atoms with van der Waals surface area (Å²) < 4.78 is 12.4. The van der Waals surface area contributed by atoms with Gasteiger partial charge in [0.05, 0.1) is 11.8 Å². The van der Waals surface area contributed by atoms with Gasteiger partial charge in [0.25, 0.3) is 11.8 Å². The molecule has 6 nitrogen and oxygen atoms in total. The molecule has 0 N–H and O–H groups in total. The second-order valence-corrected chi connectivity index (χ2v) is 8.35.